The summed E-state index contributed by atoms with van der Waals surface area (Å²) in [6.45, 7) is 7.36. The number of hydrogen-bond donors (Lipinski definition) is 8. The Bertz CT molecular complexity index is 2280. The Morgan fingerprint density at radius 2 is 1.14 bits per heavy atom. The Morgan fingerprint density at radius 3 is 1.55 bits per heavy atom. The molecule has 0 unspecified atom stereocenters. The molecule has 2 aromatic heterocycles. The molecule has 0 atom stereocenters. The van der Waals surface area contributed by atoms with E-state index < -0.39 is 9.85 Å². The number of halogens is 2. The van der Waals surface area contributed by atoms with Gasteiger partial charge in [-0.3, -0.25) is 20.2 Å². The average molecular weight is 994 g/mol. The fourth-order valence-corrected chi connectivity index (χ4v) is 7.92. The van der Waals surface area contributed by atoms with Crippen LogP contribution in [0.25, 0.3) is 0 Å². The molecule has 6 rings (SSSR count). The number of terminal acetylenes is 1. The summed E-state index contributed by atoms with van der Waals surface area (Å²) >= 11 is 3.52. The lowest BCUT2D eigenvalue weighted by Gasteiger charge is -2.27. The molecular formula is C46H62BrClN12O6. The first-order valence-corrected chi connectivity index (χ1v) is 22.5. The van der Waals surface area contributed by atoms with Gasteiger partial charge in [-0.25, -0.2) is 9.97 Å². The number of nitrogens with two attached hydrogens (primary N) is 2. The number of benzene rings is 2. The van der Waals surface area contributed by atoms with Crippen molar-refractivity contribution in [3.05, 3.63) is 101 Å². The van der Waals surface area contributed by atoms with Crippen molar-refractivity contribution in [3.8, 4) is 24.2 Å². The Balaban J connectivity index is 0.000000321. The van der Waals surface area contributed by atoms with E-state index in [1.807, 2.05) is 50.2 Å². The topological polar surface area (TPSA) is 278 Å². The molecule has 0 spiro atoms. The van der Waals surface area contributed by atoms with Crippen LogP contribution in [0.1, 0.15) is 79.2 Å². The number of nitrogens with zero attached hydrogens (tertiary/aromatic N) is 6. The van der Waals surface area contributed by atoms with Crippen molar-refractivity contribution in [3.63, 3.8) is 0 Å². The molecule has 2 aliphatic carbocycles. The number of anilines is 4. The largest absolute Gasteiger partial charge is 0.396 e. The van der Waals surface area contributed by atoms with Gasteiger partial charge in [0.25, 0.3) is 0 Å². The normalized spacial score (nSPS) is 17.3. The van der Waals surface area contributed by atoms with E-state index in [4.69, 9.17) is 11.5 Å². The molecule has 4 aromatic rings. The summed E-state index contributed by atoms with van der Waals surface area (Å²) < 4.78 is 1.03. The van der Waals surface area contributed by atoms with E-state index in [9.17, 15) is 30.4 Å². The molecule has 0 bridgehead atoms. The highest BCUT2D eigenvalue weighted by atomic mass is 79.9. The summed E-state index contributed by atoms with van der Waals surface area (Å²) in [6, 6.07) is 11.8. The van der Waals surface area contributed by atoms with Gasteiger partial charge in [-0.05, 0) is 123 Å². The molecular weight excluding hydrogens is 932 g/mol. The van der Waals surface area contributed by atoms with E-state index in [0.717, 1.165) is 83.7 Å². The average Bonchev–Trinajstić information content (AvgIpc) is 3.32. The zero-order valence-corrected chi connectivity index (χ0v) is 39.9. The minimum atomic E-state index is -0.474. The molecule has 2 aliphatic rings. The van der Waals surface area contributed by atoms with Crippen molar-refractivity contribution < 1.29 is 20.1 Å². The van der Waals surface area contributed by atoms with Gasteiger partial charge < -0.3 is 42.9 Å². The third-order valence-electron chi connectivity index (χ3n) is 11.6. The standard InChI is InChI=1S/C23H30N6O3.C20H26BrN5O3.C3H5N.ClH/c1-16-19(6-3-11-24)4-2-5-20(16)13-26-23-27-14-21(29(31)32)22(28-23)25-12-17-7-9-18(15-30)10-8-17;1-13-16(3-2-4-17(13)21)10-23-20-24-11-18(26(28)29)19(25-20)22-9-14-5-7-15(12-27)8-6-14;1-2-3-4;/h2,4-5,14,17-18,30H,7-13,15,24H2,1H3,(H2,25,26,27,28);2-4,11,14-15,27H,5-10,12H2,1H3,(H2,22,23,24,25);1H,3-4H2;1H. The van der Waals surface area contributed by atoms with Gasteiger partial charge in [0.1, 0.15) is 12.4 Å². The molecule has 20 heteroatoms. The van der Waals surface area contributed by atoms with Crippen LogP contribution < -0.4 is 32.7 Å². The van der Waals surface area contributed by atoms with Gasteiger partial charge in [0, 0.05) is 49.4 Å². The molecule has 0 amide bonds. The van der Waals surface area contributed by atoms with E-state index in [1.165, 1.54) is 12.4 Å². The summed E-state index contributed by atoms with van der Waals surface area (Å²) in [7, 11) is 0. The molecule has 0 saturated heterocycles. The van der Waals surface area contributed by atoms with Crippen LogP contribution in [0.4, 0.5) is 34.9 Å². The molecule has 2 heterocycles. The van der Waals surface area contributed by atoms with E-state index in [1.54, 1.807) is 0 Å². The second-order valence-corrected chi connectivity index (χ2v) is 16.9. The van der Waals surface area contributed by atoms with Crippen LogP contribution in [0.5, 0.6) is 0 Å². The van der Waals surface area contributed by atoms with Crippen molar-refractivity contribution in [1.82, 2.24) is 19.9 Å². The van der Waals surface area contributed by atoms with E-state index in [2.05, 4.69) is 81.3 Å². The summed E-state index contributed by atoms with van der Waals surface area (Å²) in [5.41, 5.74) is 15.2. The minimum Gasteiger partial charge on any atom is -0.396 e. The van der Waals surface area contributed by atoms with Crippen molar-refractivity contribution in [2.45, 2.75) is 78.3 Å². The van der Waals surface area contributed by atoms with Gasteiger partial charge in [0.05, 0.1) is 22.9 Å². The van der Waals surface area contributed by atoms with Gasteiger partial charge in [-0.1, -0.05) is 58.0 Å². The molecule has 66 heavy (non-hydrogen) atoms. The molecule has 2 aromatic carbocycles. The SMILES string of the molecule is C#CCN.Cc1c(Br)cccc1CNc1ncc([N+](=O)[O-])c(NCC2CCC(CO)CC2)n1.Cc1c(C#CCN)cccc1CNc1ncc([N+](=O)[O-])c(NCC2CCC(CO)CC2)n1.Cl. The quantitative estimate of drug-likeness (QED) is 0.0316. The molecule has 356 valence electrons. The van der Waals surface area contributed by atoms with Crippen LogP contribution in [-0.4, -0.2) is 79.4 Å². The maximum absolute atomic E-state index is 11.4. The fraction of sp³-hybridized carbons (Fsp3) is 0.478. The second kappa shape index (κ2) is 29.1. The molecule has 18 nitrogen and oxygen atoms in total. The number of nitrogens with one attached hydrogen (secondary N) is 4. The zero-order valence-electron chi connectivity index (χ0n) is 37.5. The second-order valence-electron chi connectivity index (χ2n) is 16.0. The highest BCUT2D eigenvalue weighted by Crippen LogP contribution is 2.32. The van der Waals surface area contributed by atoms with E-state index in [-0.39, 0.29) is 48.6 Å². The lowest BCUT2D eigenvalue weighted by molar-refractivity contribution is -0.384. The number of aliphatic hydroxyl groups is 2. The fourth-order valence-electron chi connectivity index (χ4n) is 7.52. The van der Waals surface area contributed by atoms with Crippen molar-refractivity contribution in [2.75, 3.05) is 60.7 Å². The van der Waals surface area contributed by atoms with Crippen LogP contribution in [0.15, 0.2) is 53.3 Å². The monoisotopic (exact) mass is 992 g/mol. The summed E-state index contributed by atoms with van der Waals surface area (Å²) in [4.78, 5) is 38.8. The molecule has 2 saturated carbocycles. The van der Waals surface area contributed by atoms with Gasteiger partial charge in [0.15, 0.2) is 0 Å². The number of rotatable bonds is 16. The van der Waals surface area contributed by atoms with E-state index >= 15 is 0 Å². The van der Waals surface area contributed by atoms with Crippen molar-refractivity contribution >= 4 is 63.2 Å². The first-order valence-electron chi connectivity index (χ1n) is 21.8. The predicted molar refractivity (Wildman–Crippen MR) is 265 cm³/mol. The Hall–Kier alpha value is -5.67. The Kier molecular flexibility index (Phi) is 24.1. The summed E-state index contributed by atoms with van der Waals surface area (Å²) in [5.74, 6) is 10.9. The number of aromatic nitrogens is 4. The summed E-state index contributed by atoms with van der Waals surface area (Å²) in [5, 5.41) is 54.0. The van der Waals surface area contributed by atoms with Gasteiger partial charge in [-0.2, -0.15) is 9.97 Å². The van der Waals surface area contributed by atoms with Crippen LogP contribution in [0.2, 0.25) is 0 Å². The third-order valence-corrected chi connectivity index (χ3v) is 12.5. The molecule has 0 radical (unpaired) electrons. The number of aliphatic hydroxyl groups excluding tert-OH is 2. The maximum Gasteiger partial charge on any atom is 0.329 e. The maximum atomic E-state index is 11.4. The lowest BCUT2D eigenvalue weighted by Crippen LogP contribution is -2.23. The van der Waals surface area contributed by atoms with Gasteiger partial charge in [0.2, 0.25) is 23.5 Å². The van der Waals surface area contributed by atoms with Crippen molar-refractivity contribution in [1.29, 1.82) is 0 Å². The summed E-state index contributed by atoms with van der Waals surface area (Å²) in [6.07, 6.45) is 15.1. The van der Waals surface area contributed by atoms with Crippen LogP contribution in [0, 0.1) is 81.9 Å². The zero-order chi connectivity index (χ0) is 47.1. The van der Waals surface area contributed by atoms with Crippen LogP contribution in [-0.2, 0) is 13.1 Å². The molecule has 0 aliphatic heterocycles. The lowest BCUT2D eigenvalue weighted by atomic mass is 9.82. The van der Waals surface area contributed by atoms with E-state index in [0.29, 0.717) is 74.8 Å². The van der Waals surface area contributed by atoms with Crippen LogP contribution >= 0.6 is 28.3 Å². The van der Waals surface area contributed by atoms with Crippen LogP contribution in [0.3, 0.4) is 0 Å². The predicted octanol–water partition coefficient (Wildman–Crippen LogP) is 7.10. The smallest absolute Gasteiger partial charge is 0.329 e. The van der Waals surface area contributed by atoms with Gasteiger partial charge >= 0.3 is 11.4 Å². The first-order chi connectivity index (χ1) is 31.4. The minimum absolute atomic E-state index is 0. The highest BCUT2D eigenvalue weighted by molar-refractivity contribution is 9.10. The molecule has 2 fully saturated rings. The number of hydrogen-bond acceptors (Lipinski definition) is 16. The first kappa shape index (κ1) is 54.7. The highest BCUT2D eigenvalue weighted by Gasteiger charge is 2.25. The van der Waals surface area contributed by atoms with Gasteiger partial charge in [-0.15, -0.1) is 18.8 Å². The Morgan fingerprint density at radius 1 is 0.712 bits per heavy atom. The number of nitro groups is 2. The third kappa shape index (κ3) is 17.3. The van der Waals surface area contributed by atoms with Crippen molar-refractivity contribution in [2.24, 2.45) is 35.1 Å². The Labute approximate surface area is 401 Å². The molecule has 10 N–H and O–H groups in total.